The molecule has 0 N–H and O–H groups in total. The monoisotopic (exact) mass is 323 g/mol. The predicted molar refractivity (Wildman–Crippen MR) is 68.9 cm³/mol. The normalized spacial score (nSPS) is 21.2. The van der Waals surface area contributed by atoms with Gasteiger partial charge in [-0.15, -0.1) is 3.89 Å². The molecular weight excluding hydrogens is 309 g/mol. The topological polar surface area (TPSA) is 80.8 Å². The third-order valence-corrected chi connectivity index (χ3v) is 5.90. The molecule has 9 heteroatoms. The first-order chi connectivity index (χ1) is 9.25. The maximum Gasteiger partial charge on any atom is 0.332 e. The fourth-order valence-corrected chi connectivity index (χ4v) is 3.98. The molecule has 0 amide bonds. The van der Waals surface area contributed by atoms with Gasteiger partial charge in [-0.05, 0) is 30.7 Å². The number of rotatable bonds is 4. The first-order valence-corrected chi connectivity index (χ1v) is 8.65. The van der Waals surface area contributed by atoms with Crippen molar-refractivity contribution >= 4 is 20.2 Å². The molecule has 1 heterocycles. The highest BCUT2D eigenvalue weighted by molar-refractivity contribution is 7.89. The quantitative estimate of drug-likeness (QED) is 0.764. The number of hydrogen-bond donors (Lipinski definition) is 0. The van der Waals surface area contributed by atoms with Crippen molar-refractivity contribution < 1.29 is 25.5 Å². The van der Waals surface area contributed by atoms with E-state index in [-0.39, 0.29) is 17.5 Å². The summed E-state index contributed by atoms with van der Waals surface area (Å²) in [6.07, 6.45) is 0.461. The molecule has 1 aromatic rings. The van der Waals surface area contributed by atoms with Gasteiger partial charge in [-0.2, -0.15) is 12.7 Å². The molecule has 1 aliphatic heterocycles. The van der Waals surface area contributed by atoms with Gasteiger partial charge >= 0.3 is 10.2 Å². The maximum absolute atomic E-state index is 12.7. The van der Waals surface area contributed by atoms with E-state index in [9.17, 15) is 20.7 Å². The first-order valence-electron chi connectivity index (χ1n) is 5.83. The summed E-state index contributed by atoms with van der Waals surface area (Å²) in [7, 11) is -7.02. The van der Waals surface area contributed by atoms with Crippen molar-refractivity contribution in [2.24, 2.45) is 0 Å². The second-order valence-corrected chi connectivity index (χ2v) is 7.70. The number of benzene rings is 1. The van der Waals surface area contributed by atoms with Crippen molar-refractivity contribution in [3.8, 4) is 0 Å². The Balaban J connectivity index is 2.27. The van der Waals surface area contributed by atoms with E-state index in [0.29, 0.717) is 13.0 Å². The van der Waals surface area contributed by atoms with Crippen LogP contribution in [0.25, 0.3) is 0 Å². The van der Waals surface area contributed by atoms with Gasteiger partial charge in [0.05, 0.1) is 15.9 Å². The molecule has 112 valence electrons. The van der Waals surface area contributed by atoms with Crippen molar-refractivity contribution in [3.05, 3.63) is 24.3 Å². The Morgan fingerprint density at radius 2 is 1.70 bits per heavy atom. The van der Waals surface area contributed by atoms with Crippen LogP contribution in [0, 0.1) is 0 Å². The molecule has 1 aliphatic rings. The molecule has 1 aromatic carbocycles. The summed E-state index contributed by atoms with van der Waals surface area (Å²) >= 11 is 0. The van der Waals surface area contributed by atoms with Crippen molar-refractivity contribution in [3.63, 3.8) is 0 Å². The molecule has 0 aliphatic carbocycles. The van der Waals surface area contributed by atoms with Crippen LogP contribution in [0.1, 0.15) is 6.42 Å². The Hall–Kier alpha value is -1.03. The molecule has 0 aromatic heterocycles. The zero-order valence-corrected chi connectivity index (χ0v) is 12.3. The highest BCUT2D eigenvalue weighted by Crippen LogP contribution is 2.23. The number of sulfonamides is 1. The molecule has 1 unspecified atom stereocenters. The number of methoxy groups -OCH3 is 1. The van der Waals surface area contributed by atoms with Crippen LogP contribution < -0.4 is 0 Å². The van der Waals surface area contributed by atoms with Gasteiger partial charge in [0, 0.05) is 20.2 Å². The Bertz CT molecular complexity index is 684. The van der Waals surface area contributed by atoms with E-state index in [1.54, 1.807) is 0 Å². The number of halogens is 1. The van der Waals surface area contributed by atoms with E-state index in [1.165, 1.54) is 11.4 Å². The smallest absolute Gasteiger partial charge is 0.332 e. The molecule has 0 saturated carbocycles. The van der Waals surface area contributed by atoms with Crippen LogP contribution in [0.5, 0.6) is 0 Å². The molecule has 0 spiro atoms. The molecular formula is C11H14FNO5S2. The van der Waals surface area contributed by atoms with E-state index in [2.05, 4.69) is 0 Å². The highest BCUT2D eigenvalue weighted by Gasteiger charge is 2.32. The zero-order valence-electron chi connectivity index (χ0n) is 10.7. The van der Waals surface area contributed by atoms with Gasteiger partial charge in [-0.25, -0.2) is 8.42 Å². The molecule has 6 nitrogen and oxygen atoms in total. The summed E-state index contributed by atoms with van der Waals surface area (Å²) in [4.78, 5) is -0.630. The van der Waals surface area contributed by atoms with E-state index < -0.39 is 25.1 Å². The van der Waals surface area contributed by atoms with Crippen molar-refractivity contribution in [2.75, 3.05) is 20.2 Å². The number of hydrogen-bond acceptors (Lipinski definition) is 5. The number of nitrogens with zero attached hydrogens (tertiary/aromatic N) is 1. The lowest BCUT2D eigenvalue weighted by Crippen LogP contribution is -2.30. The fraction of sp³-hybridized carbons (Fsp3) is 0.455. The second kappa shape index (κ2) is 5.40. The van der Waals surface area contributed by atoms with Gasteiger partial charge in [0.15, 0.2) is 0 Å². The summed E-state index contributed by atoms with van der Waals surface area (Å²) in [5.41, 5.74) is 0. The maximum atomic E-state index is 12.7. The zero-order chi connectivity index (χ0) is 15.0. The molecule has 1 atom stereocenters. The minimum Gasteiger partial charge on any atom is -0.380 e. The van der Waals surface area contributed by atoms with Gasteiger partial charge in [0.2, 0.25) is 10.0 Å². The molecule has 20 heavy (non-hydrogen) atoms. The third kappa shape index (κ3) is 3.00. The molecule has 0 radical (unpaired) electrons. The lowest BCUT2D eigenvalue weighted by molar-refractivity contribution is 0.115. The summed E-state index contributed by atoms with van der Waals surface area (Å²) < 4.78 is 65.1. The Kier molecular flexibility index (Phi) is 4.14. The summed E-state index contributed by atoms with van der Waals surface area (Å²) in [6.45, 7) is 0.589. The lowest BCUT2D eigenvalue weighted by atomic mass is 10.3. The lowest BCUT2D eigenvalue weighted by Gasteiger charge is -2.16. The molecule has 0 bridgehead atoms. The Labute approximate surface area is 117 Å². The average molecular weight is 323 g/mol. The molecule has 1 fully saturated rings. The van der Waals surface area contributed by atoms with Crippen LogP contribution in [0.2, 0.25) is 0 Å². The van der Waals surface area contributed by atoms with Gasteiger partial charge in [-0.1, -0.05) is 0 Å². The standard InChI is InChI=1S/C11H14FNO5S2/c1-18-9-6-7-13(8-9)20(16,17)11-4-2-10(3-5-11)19(12,14)15/h2-5,9H,6-8H2,1H3. The van der Waals surface area contributed by atoms with Crippen LogP contribution >= 0.6 is 0 Å². The van der Waals surface area contributed by atoms with E-state index in [1.807, 2.05) is 0 Å². The van der Waals surface area contributed by atoms with E-state index in [4.69, 9.17) is 4.74 Å². The minimum absolute atomic E-state index is 0.0679. The SMILES string of the molecule is COC1CCN(S(=O)(=O)c2ccc(S(=O)(=O)F)cc2)C1. The van der Waals surface area contributed by atoms with Gasteiger partial charge in [0.1, 0.15) is 0 Å². The third-order valence-electron chi connectivity index (χ3n) is 3.18. The largest absolute Gasteiger partial charge is 0.380 e. The second-order valence-electron chi connectivity index (χ2n) is 4.42. The summed E-state index contributed by atoms with van der Waals surface area (Å²) in [6, 6.07) is 4.04. The van der Waals surface area contributed by atoms with Crippen LogP contribution in [-0.4, -0.2) is 47.4 Å². The minimum atomic E-state index is -4.83. The predicted octanol–water partition coefficient (Wildman–Crippen LogP) is 0.754. The van der Waals surface area contributed by atoms with Gasteiger partial charge in [-0.3, -0.25) is 0 Å². The van der Waals surface area contributed by atoms with Crippen LogP contribution in [0.15, 0.2) is 34.1 Å². The van der Waals surface area contributed by atoms with Crippen LogP contribution in [-0.2, 0) is 25.0 Å². The van der Waals surface area contributed by atoms with E-state index in [0.717, 1.165) is 24.3 Å². The van der Waals surface area contributed by atoms with Crippen LogP contribution in [0.3, 0.4) is 0 Å². The van der Waals surface area contributed by atoms with Crippen molar-refractivity contribution in [1.29, 1.82) is 0 Å². The van der Waals surface area contributed by atoms with Gasteiger partial charge < -0.3 is 4.74 Å². The Morgan fingerprint density at radius 1 is 1.15 bits per heavy atom. The summed E-state index contributed by atoms with van der Waals surface area (Å²) in [5, 5.41) is 0. The van der Waals surface area contributed by atoms with E-state index >= 15 is 0 Å². The fourth-order valence-electron chi connectivity index (χ4n) is 2.03. The van der Waals surface area contributed by atoms with Crippen molar-refractivity contribution in [1.82, 2.24) is 4.31 Å². The Morgan fingerprint density at radius 3 is 2.15 bits per heavy atom. The molecule has 1 saturated heterocycles. The van der Waals surface area contributed by atoms with Crippen molar-refractivity contribution in [2.45, 2.75) is 22.3 Å². The molecule has 2 rings (SSSR count). The number of ether oxygens (including phenoxy) is 1. The van der Waals surface area contributed by atoms with Crippen LogP contribution in [0.4, 0.5) is 3.89 Å². The van der Waals surface area contributed by atoms with Gasteiger partial charge in [0.25, 0.3) is 0 Å². The summed E-state index contributed by atoms with van der Waals surface area (Å²) in [5.74, 6) is 0. The first kappa shape index (κ1) is 15.4. The average Bonchev–Trinajstić information content (AvgIpc) is 2.87. The highest BCUT2D eigenvalue weighted by atomic mass is 32.3.